The van der Waals surface area contributed by atoms with E-state index in [2.05, 4.69) is 10.4 Å². The lowest BCUT2D eigenvalue weighted by molar-refractivity contribution is 0.629. The summed E-state index contributed by atoms with van der Waals surface area (Å²) in [6.07, 6.45) is 0. The highest BCUT2D eigenvalue weighted by molar-refractivity contribution is 5.44. The predicted octanol–water partition coefficient (Wildman–Crippen LogP) is 2.48. The molecule has 0 atom stereocenters. The van der Waals surface area contributed by atoms with Gasteiger partial charge in [-0.25, -0.2) is 4.39 Å². The van der Waals surface area contributed by atoms with E-state index in [-0.39, 0.29) is 5.82 Å². The summed E-state index contributed by atoms with van der Waals surface area (Å²) < 4.78 is 15.1. The molecule has 0 fully saturated rings. The van der Waals surface area contributed by atoms with Gasteiger partial charge in [0.15, 0.2) is 0 Å². The fourth-order valence-electron chi connectivity index (χ4n) is 1.62. The molecule has 0 bridgehead atoms. The van der Waals surface area contributed by atoms with Gasteiger partial charge >= 0.3 is 0 Å². The summed E-state index contributed by atoms with van der Waals surface area (Å²) in [6.45, 7) is 2.50. The van der Waals surface area contributed by atoms with E-state index in [1.165, 1.54) is 6.07 Å². The first kappa shape index (κ1) is 10.7. The first-order valence-corrected chi connectivity index (χ1v) is 5.15. The Kier molecular flexibility index (Phi) is 2.90. The molecule has 2 aromatic rings. The summed E-state index contributed by atoms with van der Waals surface area (Å²) >= 11 is 0. The van der Waals surface area contributed by atoms with Gasteiger partial charge in [0.1, 0.15) is 5.82 Å². The zero-order chi connectivity index (χ0) is 11.5. The average molecular weight is 219 g/mol. The molecule has 1 aromatic carbocycles. The Morgan fingerprint density at radius 1 is 1.38 bits per heavy atom. The van der Waals surface area contributed by atoms with Crippen molar-refractivity contribution < 1.29 is 4.39 Å². The topological polar surface area (TPSA) is 29.9 Å². The molecule has 3 nitrogen and oxygen atoms in total. The maximum absolute atomic E-state index is 13.3. The van der Waals surface area contributed by atoms with Gasteiger partial charge in [-0.3, -0.25) is 4.68 Å². The fourth-order valence-corrected chi connectivity index (χ4v) is 1.62. The van der Waals surface area contributed by atoms with Crippen molar-refractivity contribution in [2.75, 3.05) is 5.32 Å². The number of nitrogens with one attached hydrogen (secondary N) is 1. The van der Waals surface area contributed by atoms with Gasteiger partial charge in [-0.1, -0.05) is 12.1 Å². The average Bonchev–Trinajstić information content (AvgIpc) is 2.56. The highest BCUT2D eigenvalue weighted by Crippen LogP contribution is 2.13. The van der Waals surface area contributed by atoms with E-state index < -0.39 is 0 Å². The molecule has 0 radical (unpaired) electrons. The number of aromatic nitrogens is 2. The summed E-state index contributed by atoms with van der Waals surface area (Å²) in [7, 11) is 1.88. The predicted molar refractivity (Wildman–Crippen MR) is 61.7 cm³/mol. The van der Waals surface area contributed by atoms with Gasteiger partial charge in [0.25, 0.3) is 0 Å². The molecule has 16 heavy (non-hydrogen) atoms. The molecule has 1 aromatic heterocycles. The van der Waals surface area contributed by atoms with Crippen LogP contribution in [0, 0.1) is 12.7 Å². The summed E-state index contributed by atoms with van der Waals surface area (Å²) in [5.74, 6) is -0.235. The third kappa shape index (κ3) is 2.21. The third-order valence-corrected chi connectivity index (χ3v) is 2.43. The van der Waals surface area contributed by atoms with Crippen LogP contribution in [0.5, 0.6) is 0 Å². The summed E-state index contributed by atoms with van der Waals surface area (Å²) in [5.41, 5.74) is 2.51. The molecule has 0 aliphatic heterocycles. The molecule has 0 amide bonds. The number of rotatable bonds is 3. The lowest BCUT2D eigenvalue weighted by atomic mass is 10.3. The Hall–Kier alpha value is -1.84. The number of hydrogen-bond donors (Lipinski definition) is 1. The van der Waals surface area contributed by atoms with Crippen molar-refractivity contribution in [3.8, 4) is 0 Å². The van der Waals surface area contributed by atoms with E-state index in [1.54, 1.807) is 22.9 Å². The third-order valence-electron chi connectivity index (χ3n) is 2.43. The largest absolute Gasteiger partial charge is 0.377 e. The van der Waals surface area contributed by atoms with Gasteiger partial charge in [0, 0.05) is 7.05 Å². The van der Waals surface area contributed by atoms with Gasteiger partial charge in [-0.15, -0.1) is 0 Å². The summed E-state index contributed by atoms with van der Waals surface area (Å²) in [4.78, 5) is 0. The molecule has 0 aliphatic carbocycles. The van der Waals surface area contributed by atoms with E-state index in [0.29, 0.717) is 12.2 Å². The smallest absolute Gasteiger partial charge is 0.146 e. The lowest BCUT2D eigenvalue weighted by Crippen LogP contribution is -2.06. The Bertz CT molecular complexity index is 491. The van der Waals surface area contributed by atoms with Crippen LogP contribution in [0.25, 0.3) is 0 Å². The van der Waals surface area contributed by atoms with Gasteiger partial charge < -0.3 is 5.32 Å². The Morgan fingerprint density at radius 3 is 2.75 bits per heavy atom. The quantitative estimate of drug-likeness (QED) is 0.859. The molecule has 1 heterocycles. The van der Waals surface area contributed by atoms with Crippen LogP contribution in [0.1, 0.15) is 11.4 Å². The summed E-state index contributed by atoms with van der Waals surface area (Å²) in [6, 6.07) is 8.62. The monoisotopic (exact) mass is 219 g/mol. The van der Waals surface area contributed by atoms with Gasteiger partial charge in [-0.2, -0.15) is 5.10 Å². The standard InChI is InChI=1S/C12H14FN3/c1-9-7-10(16(2)15-9)8-14-12-6-4-3-5-11(12)13/h3-7,14H,8H2,1-2H3. The minimum Gasteiger partial charge on any atom is -0.377 e. The first-order valence-electron chi connectivity index (χ1n) is 5.15. The second-order valence-corrected chi connectivity index (χ2v) is 3.73. The minimum absolute atomic E-state index is 0.235. The minimum atomic E-state index is -0.235. The molecule has 4 heteroatoms. The molecular weight excluding hydrogens is 205 g/mol. The van der Waals surface area contributed by atoms with Crippen LogP contribution in [-0.4, -0.2) is 9.78 Å². The molecule has 0 spiro atoms. The molecular formula is C12H14FN3. The molecule has 1 N–H and O–H groups in total. The second-order valence-electron chi connectivity index (χ2n) is 3.73. The van der Waals surface area contributed by atoms with Crippen molar-refractivity contribution in [3.05, 3.63) is 47.5 Å². The highest BCUT2D eigenvalue weighted by atomic mass is 19.1. The summed E-state index contributed by atoms with van der Waals surface area (Å²) in [5, 5.41) is 7.28. The number of para-hydroxylation sites is 1. The molecule has 0 aliphatic rings. The zero-order valence-electron chi connectivity index (χ0n) is 9.37. The number of aryl methyl sites for hydroxylation is 2. The first-order chi connectivity index (χ1) is 7.66. The van der Waals surface area contributed by atoms with Crippen LogP contribution in [0.3, 0.4) is 0 Å². The normalized spacial score (nSPS) is 10.4. The van der Waals surface area contributed by atoms with Crippen LogP contribution >= 0.6 is 0 Å². The van der Waals surface area contributed by atoms with E-state index in [4.69, 9.17) is 0 Å². The van der Waals surface area contributed by atoms with Crippen LogP contribution in [0.4, 0.5) is 10.1 Å². The van der Waals surface area contributed by atoms with Crippen molar-refractivity contribution in [2.24, 2.45) is 7.05 Å². The number of halogens is 1. The van der Waals surface area contributed by atoms with Crippen LogP contribution < -0.4 is 5.32 Å². The van der Waals surface area contributed by atoms with Gasteiger partial charge in [0.2, 0.25) is 0 Å². The van der Waals surface area contributed by atoms with Crippen LogP contribution in [-0.2, 0) is 13.6 Å². The Balaban J connectivity index is 2.08. The Morgan fingerprint density at radius 2 is 2.12 bits per heavy atom. The number of hydrogen-bond acceptors (Lipinski definition) is 2. The zero-order valence-corrected chi connectivity index (χ0v) is 9.37. The lowest BCUT2D eigenvalue weighted by Gasteiger charge is -2.07. The maximum Gasteiger partial charge on any atom is 0.146 e. The van der Waals surface area contributed by atoms with Crippen molar-refractivity contribution in [1.82, 2.24) is 9.78 Å². The maximum atomic E-state index is 13.3. The van der Waals surface area contributed by atoms with Crippen molar-refractivity contribution in [3.63, 3.8) is 0 Å². The van der Waals surface area contributed by atoms with Crippen molar-refractivity contribution >= 4 is 5.69 Å². The van der Waals surface area contributed by atoms with Gasteiger partial charge in [-0.05, 0) is 25.1 Å². The van der Waals surface area contributed by atoms with Crippen LogP contribution in [0.2, 0.25) is 0 Å². The van der Waals surface area contributed by atoms with Crippen molar-refractivity contribution in [1.29, 1.82) is 0 Å². The number of benzene rings is 1. The highest BCUT2D eigenvalue weighted by Gasteiger charge is 2.03. The number of nitrogens with zero attached hydrogens (tertiary/aromatic N) is 2. The molecule has 0 saturated carbocycles. The fraction of sp³-hybridized carbons (Fsp3) is 0.250. The number of anilines is 1. The van der Waals surface area contributed by atoms with Crippen molar-refractivity contribution in [2.45, 2.75) is 13.5 Å². The van der Waals surface area contributed by atoms with E-state index in [0.717, 1.165) is 11.4 Å². The van der Waals surface area contributed by atoms with E-state index in [9.17, 15) is 4.39 Å². The van der Waals surface area contributed by atoms with E-state index >= 15 is 0 Å². The van der Waals surface area contributed by atoms with Gasteiger partial charge in [0.05, 0.1) is 23.6 Å². The van der Waals surface area contributed by atoms with E-state index in [1.807, 2.05) is 20.0 Å². The molecule has 84 valence electrons. The molecule has 0 unspecified atom stereocenters. The SMILES string of the molecule is Cc1cc(CNc2ccccc2F)n(C)n1. The van der Waals surface area contributed by atoms with Crippen LogP contribution in [0.15, 0.2) is 30.3 Å². The second kappa shape index (κ2) is 4.35. The molecule has 2 rings (SSSR count). The molecule has 0 saturated heterocycles. The Labute approximate surface area is 93.9 Å².